The number of hydrogen-bond acceptors (Lipinski definition) is 6. The van der Waals surface area contributed by atoms with Gasteiger partial charge >= 0.3 is 5.97 Å². The van der Waals surface area contributed by atoms with Crippen molar-refractivity contribution in [3.05, 3.63) is 99.7 Å². The summed E-state index contributed by atoms with van der Waals surface area (Å²) in [6.45, 7) is 3.53. The van der Waals surface area contributed by atoms with Crippen LogP contribution in [-0.4, -0.2) is 29.8 Å². The van der Waals surface area contributed by atoms with Gasteiger partial charge < -0.3 is 15.4 Å². The monoisotopic (exact) mass is 537 g/mol. The van der Waals surface area contributed by atoms with E-state index in [1.165, 1.54) is 0 Å². The van der Waals surface area contributed by atoms with Crippen LogP contribution in [0.3, 0.4) is 0 Å². The summed E-state index contributed by atoms with van der Waals surface area (Å²) < 4.78 is 5.15. The number of ether oxygens (including phenoxy) is 1. The molecule has 0 unspecified atom stereocenters. The number of benzene rings is 3. The molecule has 10 heteroatoms. The van der Waals surface area contributed by atoms with E-state index in [1.54, 1.807) is 86.6 Å². The Labute approximate surface area is 222 Å². The number of amides is 3. The lowest BCUT2D eigenvalue weighted by Gasteiger charge is -2.16. The van der Waals surface area contributed by atoms with Crippen molar-refractivity contribution in [3.63, 3.8) is 0 Å². The lowest BCUT2D eigenvalue weighted by atomic mass is 10.1. The zero-order valence-corrected chi connectivity index (χ0v) is 21.3. The van der Waals surface area contributed by atoms with Crippen molar-refractivity contribution < 1.29 is 23.9 Å². The van der Waals surface area contributed by atoms with Crippen LogP contribution in [0.4, 0.5) is 17.1 Å². The molecule has 0 saturated carbocycles. The molecule has 0 bridgehead atoms. The fourth-order valence-electron chi connectivity index (χ4n) is 3.49. The third kappa shape index (κ3) is 5.66. The Morgan fingerprint density at radius 3 is 2.03 bits per heavy atom. The Morgan fingerprint density at radius 2 is 1.41 bits per heavy atom. The van der Waals surface area contributed by atoms with Gasteiger partial charge in [0.05, 0.1) is 22.4 Å². The summed E-state index contributed by atoms with van der Waals surface area (Å²) in [6.07, 6.45) is -0.231. The van der Waals surface area contributed by atoms with E-state index in [4.69, 9.17) is 27.9 Å². The van der Waals surface area contributed by atoms with Crippen LogP contribution < -0.4 is 15.5 Å². The topological polar surface area (TPSA) is 105 Å². The number of nitrogens with one attached hydrogen (secondary N) is 2. The largest absolute Gasteiger partial charge is 0.459 e. The summed E-state index contributed by atoms with van der Waals surface area (Å²) in [5, 5.41) is 5.56. The molecule has 2 N–H and O–H groups in total. The van der Waals surface area contributed by atoms with E-state index in [0.717, 1.165) is 4.90 Å². The average Bonchev–Trinajstić information content (AvgIpc) is 3.08. The molecule has 4 rings (SSSR count). The van der Waals surface area contributed by atoms with Crippen LogP contribution in [0.1, 0.15) is 34.6 Å². The molecule has 0 aromatic heterocycles. The number of imide groups is 1. The zero-order chi connectivity index (χ0) is 26.7. The maximum Gasteiger partial charge on any atom is 0.338 e. The molecule has 0 radical (unpaired) electrons. The molecule has 1 aliphatic heterocycles. The summed E-state index contributed by atoms with van der Waals surface area (Å²) in [6, 6.07) is 19.0. The highest BCUT2D eigenvalue weighted by Gasteiger charge is 2.39. The maximum atomic E-state index is 12.9. The van der Waals surface area contributed by atoms with Gasteiger partial charge in [-0.2, -0.15) is 0 Å². The molecule has 188 valence electrons. The molecule has 1 aliphatic rings. The predicted molar refractivity (Wildman–Crippen MR) is 142 cm³/mol. The molecule has 3 aromatic carbocycles. The van der Waals surface area contributed by atoms with Crippen LogP contribution in [0.2, 0.25) is 5.02 Å². The number of esters is 1. The Balaban J connectivity index is 1.42. The molecule has 0 saturated heterocycles. The zero-order valence-electron chi connectivity index (χ0n) is 19.7. The van der Waals surface area contributed by atoms with Gasteiger partial charge in [-0.1, -0.05) is 35.3 Å². The van der Waals surface area contributed by atoms with E-state index in [9.17, 15) is 19.2 Å². The summed E-state index contributed by atoms with van der Waals surface area (Å²) in [4.78, 5) is 51.1. The molecule has 3 amide bonds. The van der Waals surface area contributed by atoms with E-state index in [-0.39, 0.29) is 33.5 Å². The molecule has 0 fully saturated rings. The van der Waals surface area contributed by atoms with Crippen molar-refractivity contribution in [2.24, 2.45) is 0 Å². The third-order valence-corrected chi connectivity index (χ3v) is 5.93. The van der Waals surface area contributed by atoms with Crippen LogP contribution in [0.15, 0.2) is 83.5 Å². The molecule has 8 nitrogen and oxygen atoms in total. The average molecular weight is 538 g/mol. The summed E-state index contributed by atoms with van der Waals surface area (Å²) in [5.41, 5.74) is 1.80. The number of para-hydroxylation sites is 1. The molecule has 0 atom stereocenters. The summed E-state index contributed by atoms with van der Waals surface area (Å²) >= 11 is 12.3. The maximum absolute atomic E-state index is 12.9. The fourth-order valence-corrected chi connectivity index (χ4v) is 3.92. The van der Waals surface area contributed by atoms with Crippen LogP contribution in [0, 0.1) is 0 Å². The number of carbonyl (C=O) groups excluding carboxylic acids is 4. The highest BCUT2D eigenvalue weighted by atomic mass is 35.5. The minimum Gasteiger partial charge on any atom is -0.459 e. The second kappa shape index (κ2) is 10.9. The van der Waals surface area contributed by atoms with Gasteiger partial charge in [-0.25, -0.2) is 9.69 Å². The molecule has 3 aromatic rings. The summed E-state index contributed by atoms with van der Waals surface area (Å²) in [5.74, 6) is -2.16. The molecule has 0 aliphatic carbocycles. The Hall–Kier alpha value is -4.14. The van der Waals surface area contributed by atoms with Crippen molar-refractivity contribution in [3.8, 4) is 0 Å². The van der Waals surface area contributed by atoms with E-state index in [0.29, 0.717) is 22.5 Å². The predicted octanol–water partition coefficient (Wildman–Crippen LogP) is 5.59. The van der Waals surface area contributed by atoms with Gasteiger partial charge in [-0.05, 0) is 74.5 Å². The van der Waals surface area contributed by atoms with E-state index in [1.807, 2.05) is 0 Å². The number of carbonyl (C=O) groups is 4. The number of rotatable bonds is 7. The minimum absolute atomic E-state index is 0.0973. The molecule has 1 heterocycles. The molecule has 0 spiro atoms. The Bertz CT molecular complexity index is 1420. The van der Waals surface area contributed by atoms with Crippen molar-refractivity contribution in [1.82, 2.24) is 0 Å². The normalized spacial score (nSPS) is 13.3. The lowest BCUT2D eigenvalue weighted by Crippen LogP contribution is -2.32. The van der Waals surface area contributed by atoms with Gasteiger partial charge in [0.1, 0.15) is 10.7 Å². The fraction of sp³-hybridized carbons (Fsp3) is 0.111. The second-order valence-corrected chi connectivity index (χ2v) is 9.06. The summed E-state index contributed by atoms with van der Waals surface area (Å²) in [7, 11) is 0. The van der Waals surface area contributed by atoms with Crippen LogP contribution >= 0.6 is 23.2 Å². The van der Waals surface area contributed by atoms with Crippen molar-refractivity contribution in [2.45, 2.75) is 20.0 Å². The Morgan fingerprint density at radius 1 is 0.811 bits per heavy atom. The first kappa shape index (κ1) is 25.9. The first-order valence-corrected chi connectivity index (χ1v) is 11.9. The highest BCUT2D eigenvalue weighted by molar-refractivity contribution is 6.53. The number of nitrogens with zero attached hydrogens (tertiary/aromatic N) is 1. The van der Waals surface area contributed by atoms with Crippen LogP contribution in [0.25, 0.3) is 0 Å². The minimum atomic E-state index is -0.693. The second-order valence-electron chi connectivity index (χ2n) is 8.27. The van der Waals surface area contributed by atoms with Gasteiger partial charge in [0.2, 0.25) is 0 Å². The number of anilines is 3. The van der Waals surface area contributed by atoms with Crippen LogP contribution in [0.5, 0.6) is 0 Å². The Kier molecular flexibility index (Phi) is 7.61. The van der Waals surface area contributed by atoms with E-state index in [2.05, 4.69) is 10.6 Å². The molecular formula is C27H21Cl2N3O5. The standard InChI is InChI=1S/C27H21Cl2N3O5/c1-15(2)37-27(36)17-9-13-19(14-10-17)31-24(33)16-7-11-18(12-8-16)30-23-22(29)25(34)32(26(23)35)21-6-4-3-5-20(21)28/h3-15,30H,1-2H3,(H,31,33). The lowest BCUT2D eigenvalue weighted by molar-refractivity contribution is -0.120. The van der Waals surface area contributed by atoms with Gasteiger partial charge in [0.25, 0.3) is 17.7 Å². The first-order chi connectivity index (χ1) is 17.7. The van der Waals surface area contributed by atoms with Gasteiger partial charge in [-0.3, -0.25) is 14.4 Å². The van der Waals surface area contributed by atoms with Crippen molar-refractivity contribution >= 4 is 64.0 Å². The van der Waals surface area contributed by atoms with Gasteiger partial charge in [-0.15, -0.1) is 0 Å². The smallest absolute Gasteiger partial charge is 0.338 e. The van der Waals surface area contributed by atoms with Crippen molar-refractivity contribution in [1.29, 1.82) is 0 Å². The van der Waals surface area contributed by atoms with E-state index < -0.39 is 17.8 Å². The molecule has 37 heavy (non-hydrogen) atoms. The highest BCUT2D eigenvalue weighted by Crippen LogP contribution is 2.34. The number of halogens is 2. The van der Waals surface area contributed by atoms with Gasteiger partial charge in [0.15, 0.2) is 0 Å². The SMILES string of the molecule is CC(C)OC(=O)c1ccc(NC(=O)c2ccc(NC3=C(Cl)C(=O)N(c4ccccc4Cl)C3=O)cc2)cc1. The number of hydrogen-bond donors (Lipinski definition) is 2. The van der Waals surface area contributed by atoms with Crippen LogP contribution in [-0.2, 0) is 14.3 Å². The first-order valence-electron chi connectivity index (χ1n) is 11.2. The van der Waals surface area contributed by atoms with Gasteiger partial charge in [0, 0.05) is 16.9 Å². The van der Waals surface area contributed by atoms with E-state index >= 15 is 0 Å². The van der Waals surface area contributed by atoms with Crippen molar-refractivity contribution in [2.75, 3.05) is 15.5 Å². The third-order valence-electron chi connectivity index (χ3n) is 5.26. The quantitative estimate of drug-likeness (QED) is 0.300. The molecular weight excluding hydrogens is 517 g/mol.